The fourth-order valence-electron chi connectivity index (χ4n) is 4.47. The number of carbonyl (C=O) groups excluding carboxylic acids is 2. The van der Waals surface area contributed by atoms with Gasteiger partial charge in [-0.2, -0.15) is 0 Å². The van der Waals surface area contributed by atoms with Crippen molar-refractivity contribution in [2.75, 3.05) is 24.5 Å². The van der Waals surface area contributed by atoms with E-state index >= 15 is 0 Å². The number of nitrogens with zero attached hydrogens (tertiary/aromatic N) is 5. The molecule has 0 bridgehead atoms. The van der Waals surface area contributed by atoms with Gasteiger partial charge in [0.1, 0.15) is 0 Å². The minimum Gasteiger partial charge on any atom is -0.340 e. The average molecular weight is 393 g/mol. The molecule has 29 heavy (non-hydrogen) atoms. The Hall–Kier alpha value is -2.70. The van der Waals surface area contributed by atoms with Gasteiger partial charge >= 0.3 is 0 Å². The first-order valence-electron chi connectivity index (χ1n) is 10.6. The zero-order valence-corrected chi connectivity index (χ0v) is 17.0. The molecular formula is C22H27N5O2. The highest BCUT2D eigenvalue weighted by Gasteiger charge is 2.39. The molecule has 0 N–H and O–H groups in total. The second-order valence-electron chi connectivity index (χ2n) is 8.80. The van der Waals surface area contributed by atoms with Gasteiger partial charge in [-0.25, -0.2) is 4.68 Å². The number of anilines is 1. The first-order chi connectivity index (χ1) is 14.0. The Bertz CT molecular complexity index is 964. The van der Waals surface area contributed by atoms with Crippen LogP contribution < -0.4 is 4.90 Å². The molecule has 0 unspecified atom stereocenters. The first kappa shape index (κ1) is 18.3. The van der Waals surface area contributed by atoms with E-state index in [4.69, 9.17) is 0 Å². The summed E-state index contributed by atoms with van der Waals surface area (Å²) in [6.07, 6.45) is 5.65. The standard InChI is InChI=1S/C22H27N5O2/c1-14-3-6-18(9-15(14)2)26-11-17(10-21(26)28)22(29)25-8-7-19(12-25)27-13-20(23-24-27)16-4-5-16/h3,6,9,13,16-17,19H,4-5,7-8,10-12H2,1-2H3/t17-,19-/m1/s1. The second kappa shape index (κ2) is 6.97. The second-order valence-corrected chi connectivity index (χ2v) is 8.80. The Labute approximate surface area is 170 Å². The molecule has 5 rings (SSSR count). The van der Waals surface area contributed by atoms with Gasteiger partial charge < -0.3 is 9.80 Å². The van der Waals surface area contributed by atoms with Crippen LogP contribution >= 0.6 is 0 Å². The molecule has 0 spiro atoms. The number of rotatable bonds is 4. The van der Waals surface area contributed by atoms with Crippen LogP contribution in [0.2, 0.25) is 0 Å². The van der Waals surface area contributed by atoms with Crippen LogP contribution in [-0.4, -0.2) is 51.3 Å². The van der Waals surface area contributed by atoms with Crippen LogP contribution in [0, 0.1) is 19.8 Å². The molecule has 0 radical (unpaired) electrons. The zero-order chi connectivity index (χ0) is 20.1. The van der Waals surface area contributed by atoms with Gasteiger partial charge in [0.15, 0.2) is 0 Å². The van der Waals surface area contributed by atoms with Crippen molar-refractivity contribution in [3.8, 4) is 0 Å². The van der Waals surface area contributed by atoms with Crippen molar-refractivity contribution in [3.63, 3.8) is 0 Å². The molecule has 1 aromatic carbocycles. The third-order valence-corrected chi connectivity index (χ3v) is 6.65. The number of carbonyl (C=O) groups is 2. The number of aromatic nitrogens is 3. The van der Waals surface area contributed by atoms with Crippen molar-refractivity contribution in [1.29, 1.82) is 0 Å². The summed E-state index contributed by atoms with van der Waals surface area (Å²) in [5.41, 5.74) is 4.34. The van der Waals surface area contributed by atoms with E-state index in [0.29, 0.717) is 25.4 Å². The summed E-state index contributed by atoms with van der Waals surface area (Å²) >= 11 is 0. The van der Waals surface area contributed by atoms with Crippen LogP contribution in [0.3, 0.4) is 0 Å². The molecule has 1 saturated carbocycles. The highest BCUT2D eigenvalue weighted by atomic mass is 16.2. The molecule has 2 saturated heterocycles. The molecule has 3 heterocycles. The van der Waals surface area contributed by atoms with Crippen molar-refractivity contribution >= 4 is 17.5 Å². The van der Waals surface area contributed by atoms with Crippen molar-refractivity contribution in [2.45, 2.75) is 51.5 Å². The molecule has 1 aromatic heterocycles. The summed E-state index contributed by atoms with van der Waals surface area (Å²) in [6.45, 7) is 5.95. The van der Waals surface area contributed by atoms with E-state index in [-0.39, 0.29) is 23.8 Å². The Kier molecular flexibility index (Phi) is 4.41. The molecule has 2 amide bonds. The maximum Gasteiger partial charge on any atom is 0.228 e. The van der Waals surface area contributed by atoms with Crippen molar-refractivity contribution in [2.24, 2.45) is 5.92 Å². The van der Waals surface area contributed by atoms with Crippen LogP contribution in [0.15, 0.2) is 24.4 Å². The number of likely N-dealkylation sites (tertiary alicyclic amines) is 1. The molecule has 7 nitrogen and oxygen atoms in total. The molecular weight excluding hydrogens is 366 g/mol. The predicted octanol–water partition coefficient (Wildman–Crippen LogP) is 2.60. The lowest BCUT2D eigenvalue weighted by Crippen LogP contribution is -2.36. The van der Waals surface area contributed by atoms with E-state index in [0.717, 1.165) is 29.9 Å². The van der Waals surface area contributed by atoms with Gasteiger partial charge in [-0.15, -0.1) is 5.10 Å². The molecule has 7 heteroatoms. The zero-order valence-electron chi connectivity index (χ0n) is 17.0. The summed E-state index contributed by atoms with van der Waals surface area (Å²) in [4.78, 5) is 29.4. The van der Waals surface area contributed by atoms with E-state index in [9.17, 15) is 9.59 Å². The summed E-state index contributed by atoms with van der Waals surface area (Å²) in [5.74, 6) is 0.451. The van der Waals surface area contributed by atoms with Crippen molar-refractivity contribution < 1.29 is 9.59 Å². The van der Waals surface area contributed by atoms with Crippen LogP contribution in [0.4, 0.5) is 5.69 Å². The summed E-state index contributed by atoms with van der Waals surface area (Å²) in [7, 11) is 0. The fraction of sp³-hybridized carbons (Fsp3) is 0.545. The predicted molar refractivity (Wildman–Crippen MR) is 109 cm³/mol. The average Bonchev–Trinajstić information content (AvgIpc) is 3.10. The van der Waals surface area contributed by atoms with E-state index in [1.807, 2.05) is 34.7 Å². The Morgan fingerprint density at radius 2 is 1.93 bits per heavy atom. The van der Waals surface area contributed by atoms with Gasteiger partial charge in [0, 0.05) is 43.9 Å². The smallest absolute Gasteiger partial charge is 0.228 e. The number of hydrogen-bond acceptors (Lipinski definition) is 4. The lowest BCUT2D eigenvalue weighted by atomic mass is 10.1. The van der Waals surface area contributed by atoms with E-state index < -0.39 is 0 Å². The van der Waals surface area contributed by atoms with E-state index in [1.54, 1.807) is 4.90 Å². The van der Waals surface area contributed by atoms with Crippen LogP contribution in [0.1, 0.15) is 54.5 Å². The van der Waals surface area contributed by atoms with Gasteiger partial charge in [-0.1, -0.05) is 11.3 Å². The van der Waals surface area contributed by atoms with Gasteiger partial charge in [0.25, 0.3) is 0 Å². The maximum atomic E-state index is 13.1. The van der Waals surface area contributed by atoms with E-state index in [1.165, 1.54) is 18.4 Å². The van der Waals surface area contributed by atoms with Crippen LogP contribution in [-0.2, 0) is 9.59 Å². The molecule has 3 aliphatic rings. The van der Waals surface area contributed by atoms with Crippen LogP contribution in [0.5, 0.6) is 0 Å². The van der Waals surface area contributed by atoms with Crippen molar-refractivity contribution in [1.82, 2.24) is 19.9 Å². The largest absolute Gasteiger partial charge is 0.340 e. The molecule has 3 fully saturated rings. The third kappa shape index (κ3) is 3.43. The van der Waals surface area contributed by atoms with E-state index in [2.05, 4.69) is 23.4 Å². The monoisotopic (exact) mass is 393 g/mol. The topological polar surface area (TPSA) is 71.3 Å². The van der Waals surface area contributed by atoms with Crippen molar-refractivity contribution in [3.05, 3.63) is 41.2 Å². The fourth-order valence-corrected chi connectivity index (χ4v) is 4.47. The van der Waals surface area contributed by atoms with Gasteiger partial charge in [-0.05, 0) is 56.4 Å². The highest BCUT2D eigenvalue weighted by Crippen LogP contribution is 2.39. The Morgan fingerprint density at radius 1 is 1.10 bits per heavy atom. The summed E-state index contributed by atoms with van der Waals surface area (Å²) in [5, 5.41) is 8.59. The lowest BCUT2D eigenvalue weighted by molar-refractivity contribution is -0.134. The number of amides is 2. The summed E-state index contributed by atoms with van der Waals surface area (Å²) in [6, 6.07) is 6.23. The first-order valence-corrected chi connectivity index (χ1v) is 10.6. The number of benzene rings is 1. The molecule has 2 aliphatic heterocycles. The minimum absolute atomic E-state index is 0.0349. The molecule has 2 aromatic rings. The Balaban J connectivity index is 1.23. The molecule has 152 valence electrons. The normalized spacial score (nSPS) is 24.6. The number of hydrogen-bond donors (Lipinski definition) is 0. The minimum atomic E-state index is -0.263. The Morgan fingerprint density at radius 3 is 2.69 bits per heavy atom. The third-order valence-electron chi connectivity index (χ3n) is 6.65. The van der Waals surface area contributed by atoms with Gasteiger partial charge in [0.05, 0.1) is 17.7 Å². The SMILES string of the molecule is Cc1ccc(N2C[C@H](C(=O)N3CC[C@@H](n4cc(C5CC5)nn4)C3)CC2=O)cc1C. The quantitative estimate of drug-likeness (QED) is 0.801. The van der Waals surface area contributed by atoms with Gasteiger partial charge in [-0.3, -0.25) is 9.59 Å². The molecule has 2 atom stereocenters. The summed E-state index contributed by atoms with van der Waals surface area (Å²) < 4.78 is 1.93. The molecule has 1 aliphatic carbocycles. The van der Waals surface area contributed by atoms with Crippen LogP contribution in [0.25, 0.3) is 0 Å². The lowest BCUT2D eigenvalue weighted by Gasteiger charge is -2.21. The number of aryl methyl sites for hydroxylation is 2. The highest BCUT2D eigenvalue weighted by molar-refractivity contribution is 6.00. The maximum absolute atomic E-state index is 13.1. The van der Waals surface area contributed by atoms with Gasteiger partial charge in [0.2, 0.25) is 11.8 Å².